The van der Waals surface area contributed by atoms with Crippen LogP contribution in [0, 0.1) is 0 Å². The molecule has 1 aromatic carbocycles. The van der Waals surface area contributed by atoms with Crippen molar-refractivity contribution in [2.75, 3.05) is 14.2 Å². The van der Waals surface area contributed by atoms with Gasteiger partial charge in [0.05, 0.1) is 14.2 Å². The number of fused-ring (bicyclic) bond motifs is 1. The van der Waals surface area contributed by atoms with Gasteiger partial charge in [-0.05, 0) is 25.5 Å². The zero-order valence-electron chi connectivity index (χ0n) is 9.66. The average Bonchev–Trinajstić information content (AvgIpc) is 2.27. The van der Waals surface area contributed by atoms with Crippen molar-refractivity contribution < 1.29 is 14.3 Å². The molecule has 1 amide bonds. The molecule has 4 nitrogen and oxygen atoms in total. The molecule has 1 atom stereocenters. The lowest BCUT2D eigenvalue weighted by Gasteiger charge is -2.25. The molecular formula is C12H15NO3. The van der Waals surface area contributed by atoms with Gasteiger partial charge in [-0.1, -0.05) is 0 Å². The van der Waals surface area contributed by atoms with E-state index < -0.39 is 0 Å². The summed E-state index contributed by atoms with van der Waals surface area (Å²) in [6.45, 7) is 1.97. The lowest BCUT2D eigenvalue weighted by atomic mass is 9.94. The summed E-state index contributed by atoms with van der Waals surface area (Å²) in [7, 11) is 3.19. The maximum atomic E-state index is 11.8. The Balaban J connectivity index is 2.58. The Morgan fingerprint density at radius 1 is 1.31 bits per heavy atom. The number of benzene rings is 1. The highest BCUT2D eigenvalue weighted by atomic mass is 16.5. The van der Waals surface area contributed by atoms with Crippen molar-refractivity contribution in [1.29, 1.82) is 0 Å². The van der Waals surface area contributed by atoms with Crippen LogP contribution in [0.15, 0.2) is 12.1 Å². The van der Waals surface area contributed by atoms with Crippen LogP contribution in [-0.2, 0) is 6.42 Å². The van der Waals surface area contributed by atoms with Crippen molar-refractivity contribution >= 4 is 5.91 Å². The molecule has 1 unspecified atom stereocenters. The zero-order valence-corrected chi connectivity index (χ0v) is 9.66. The second kappa shape index (κ2) is 4.04. The molecule has 16 heavy (non-hydrogen) atoms. The van der Waals surface area contributed by atoms with E-state index in [1.807, 2.05) is 6.92 Å². The van der Waals surface area contributed by atoms with E-state index in [4.69, 9.17) is 9.47 Å². The minimum absolute atomic E-state index is 0.0466. The standard InChI is InChI=1S/C12H15NO3/c1-7-6-9-8(12(14)13-7)4-5-10(15-2)11(9)16-3/h4-5,7H,6H2,1-3H3,(H,13,14). The third-order valence-corrected chi connectivity index (χ3v) is 2.78. The number of carbonyl (C=O) groups is 1. The van der Waals surface area contributed by atoms with Gasteiger partial charge in [0, 0.05) is 17.2 Å². The van der Waals surface area contributed by atoms with E-state index in [0.29, 0.717) is 17.1 Å². The summed E-state index contributed by atoms with van der Waals surface area (Å²) in [5.74, 6) is 1.29. The molecule has 1 aromatic rings. The highest BCUT2D eigenvalue weighted by Gasteiger charge is 2.26. The number of methoxy groups -OCH3 is 2. The van der Waals surface area contributed by atoms with Gasteiger partial charge < -0.3 is 14.8 Å². The third kappa shape index (κ3) is 1.60. The average molecular weight is 221 g/mol. The molecule has 1 aliphatic rings. The normalized spacial score (nSPS) is 18.7. The molecule has 4 heteroatoms. The molecule has 1 N–H and O–H groups in total. The van der Waals surface area contributed by atoms with Crippen LogP contribution >= 0.6 is 0 Å². The SMILES string of the molecule is COc1ccc2c(c1OC)CC(C)NC2=O. The summed E-state index contributed by atoms with van der Waals surface area (Å²) in [5.41, 5.74) is 1.61. The van der Waals surface area contributed by atoms with Crippen LogP contribution in [0.2, 0.25) is 0 Å². The number of carbonyl (C=O) groups excluding carboxylic acids is 1. The van der Waals surface area contributed by atoms with Gasteiger partial charge in [0.15, 0.2) is 11.5 Å². The van der Waals surface area contributed by atoms with Gasteiger partial charge in [0.1, 0.15) is 0 Å². The minimum Gasteiger partial charge on any atom is -0.493 e. The van der Waals surface area contributed by atoms with Crippen LogP contribution in [-0.4, -0.2) is 26.2 Å². The van der Waals surface area contributed by atoms with Crippen molar-refractivity contribution in [2.45, 2.75) is 19.4 Å². The molecule has 0 saturated heterocycles. The van der Waals surface area contributed by atoms with Crippen molar-refractivity contribution in [1.82, 2.24) is 5.32 Å². The first-order valence-corrected chi connectivity index (χ1v) is 5.22. The number of hydrogen-bond acceptors (Lipinski definition) is 3. The lowest BCUT2D eigenvalue weighted by molar-refractivity contribution is 0.0928. The van der Waals surface area contributed by atoms with Gasteiger partial charge in [-0.2, -0.15) is 0 Å². The number of ether oxygens (including phenoxy) is 2. The van der Waals surface area contributed by atoms with Gasteiger partial charge in [0.25, 0.3) is 5.91 Å². The maximum Gasteiger partial charge on any atom is 0.251 e. The van der Waals surface area contributed by atoms with Gasteiger partial charge >= 0.3 is 0 Å². The fourth-order valence-electron chi connectivity index (χ4n) is 2.07. The van der Waals surface area contributed by atoms with Crippen molar-refractivity contribution in [2.24, 2.45) is 0 Å². The molecule has 0 aliphatic carbocycles. The van der Waals surface area contributed by atoms with E-state index in [-0.39, 0.29) is 11.9 Å². The third-order valence-electron chi connectivity index (χ3n) is 2.78. The first kappa shape index (κ1) is 10.8. The van der Waals surface area contributed by atoms with Gasteiger partial charge in [-0.3, -0.25) is 4.79 Å². The van der Waals surface area contributed by atoms with Crippen LogP contribution in [0.4, 0.5) is 0 Å². The predicted molar refractivity (Wildman–Crippen MR) is 60.2 cm³/mol. The largest absolute Gasteiger partial charge is 0.493 e. The minimum atomic E-state index is -0.0466. The Morgan fingerprint density at radius 3 is 2.69 bits per heavy atom. The Labute approximate surface area is 94.6 Å². The number of nitrogens with one attached hydrogen (secondary N) is 1. The topological polar surface area (TPSA) is 47.6 Å². The second-order valence-electron chi connectivity index (χ2n) is 3.91. The quantitative estimate of drug-likeness (QED) is 0.820. The highest BCUT2D eigenvalue weighted by molar-refractivity contribution is 5.98. The molecule has 0 spiro atoms. The molecule has 0 saturated carbocycles. The molecule has 86 valence electrons. The Morgan fingerprint density at radius 2 is 2.06 bits per heavy atom. The van der Waals surface area contributed by atoms with E-state index >= 15 is 0 Å². The maximum absolute atomic E-state index is 11.8. The number of amides is 1. The molecule has 0 bridgehead atoms. The van der Waals surface area contributed by atoms with Crippen LogP contribution in [0.5, 0.6) is 11.5 Å². The molecule has 0 fully saturated rings. The monoisotopic (exact) mass is 221 g/mol. The molecular weight excluding hydrogens is 206 g/mol. The van der Waals surface area contributed by atoms with Gasteiger partial charge in [0.2, 0.25) is 0 Å². The van der Waals surface area contributed by atoms with Gasteiger partial charge in [-0.25, -0.2) is 0 Å². The summed E-state index contributed by atoms with van der Waals surface area (Å²) >= 11 is 0. The summed E-state index contributed by atoms with van der Waals surface area (Å²) in [6.07, 6.45) is 0.765. The van der Waals surface area contributed by atoms with Crippen LogP contribution < -0.4 is 14.8 Å². The van der Waals surface area contributed by atoms with Crippen LogP contribution in [0.3, 0.4) is 0 Å². The van der Waals surface area contributed by atoms with Crippen molar-refractivity contribution in [3.8, 4) is 11.5 Å². The summed E-state index contributed by atoms with van der Waals surface area (Å²) < 4.78 is 10.5. The summed E-state index contributed by atoms with van der Waals surface area (Å²) in [6, 6.07) is 3.66. The number of rotatable bonds is 2. The first-order chi connectivity index (χ1) is 7.67. The van der Waals surface area contributed by atoms with E-state index in [1.54, 1.807) is 26.4 Å². The van der Waals surface area contributed by atoms with Crippen molar-refractivity contribution in [3.63, 3.8) is 0 Å². The zero-order chi connectivity index (χ0) is 11.7. The van der Waals surface area contributed by atoms with Crippen molar-refractivity contribution in [3.05, 3.63) is 23.3 Å². The second-order valence-corrected chi connectivity index (χ2v) is 3.91. The lowest BCUT2D eigenvalue weighted by Crippen LogP contribution is -2.39. The first-order valence-electron chi connectivity index (χ1n) is 5.22. The van der Waals surface area contributed by atoms with Gasteiger partial charge in [-0.15, -0.1) is 0 Å². The fourth-order valence-corrected chi connectivity index (χ4v) is 2.07. The number of hydrogen-bond donors (Lipinski definition) is 1. The molecule has 1 heterocycles. The van der Waals surface area contributed by atoms with E-state index in [2.05, 4.69) is 5.32 Å². The molecule has 2 rings (SSSR count). The highest BCUT2D eigenvalue weighted by Crippen LogP contribution is 2.35. The molecule has 0 radical (unpaired) electrons. The summed E-state index contributed by atoms with van der Waals surface area (Å²) in [5, 5.41) is 2.89. The molecule has 0 aromatic heterocycles. The Kier molecular flexibility index (Phi) is 2.73. The fraction of sp³-hybridized carbons (Fsp3) is 0.417. The Hall–Kier alpha value is -1.71. The van der Waals surface area contributed by atoms with Crippen LogP contribution in [0.25, 0.3) is 0 Å². The summed E-state index contributed by atoms with van der Waals surface area (Å²) in [4.78, 5) is 11.8. The smallest absolute Gasteiger partial charge is 0.251 e. The van der Waals surface area contributed by atoms with E-state index in [1.165, 1.54) is 0 Å². The van der Waals surface area contributed by atoms with Crippen LogP contribution in [0.1, 0.15) is 22.8 Å². The van der Waals surface area contributed by atoms with E-state index in [9.17, 15) is 4.79 Å². The van der Waals surface area contributed by atoms with E-state index in [0.717, 1.165) is 12.0 Å². The predicted octanol–water partition coefficient (Wildman–Crippen LogP) is 1.38. The Bertz CT molecular complexity index is 429. The molecule has 1 aliphatic heterocycles.